The molecule has 1 fully saturated rings. The van der Waals surface area contributed by atoms with Gasteiger partial charge in [-0.2, -0.15) is 0 Å². The molecule has 100 valence electrons. The van der Waals surface area contributed by atoms with Gasteiger partial charge >= 0.3 is 0 Å². The van der Waals surface area contributed by atoms with Gasteiger partial charge in [0.1, 0.15) is 0 Å². The molecule has 1 amide bonds. The van der Waals surface area contributed by atoms with Gasteiger partial charge in [0.15, 0.2) is 0 Å². The van der Waals surface area contributed by atoms with Gasteiger partial charge in [-0.05, 0) is 37.6 Å². The molecule has 1 aromatic carbocycles. The van der Waals surface area contributed by atoms with Gasteiger partial charge < -0.3 is 15.4 Å². The van der Waals surface area contributed by atoms with Gasteiger partial charge in [-0.15, -0.1) is 12.4 Å². The van der Waals surface area contributed by atoms with Crippen LogP contribution in [0, 0.1) is 0 Å². The van der Waals surface area contributed by atoms with Crippen molar-refractivity contribution in [2.24, 2.45) is 0 Å². The molecule has 4 nitrogen and oxygen atoms in total. The summed E-state index contributed by atoms with van der Waals surface area (Å²) >= 11 is 0. The normalized spacial score (nSPS) is 19.8. The molecule has 2 N–H and O–H groups in total. The molecule has 0 bridgehead atoms. The van der Waals surface area contributed by atoms with Crippen molar-refractivity contribution in [3.8, 4) is 0 Å². The maximum Gasteiger partial charge on any atom is 0.253 e. The lowest BCUT2D eigenvalue weighted by atomic mass is 10.1. The highest BCUT2D eigenvalue weighted by Crippen LogP contribution is 2.12. The van der Waals surface area contributed by atoms with E-state index in [1.807, 2.05) is 11.8 Å². The second kappa shape index (κ2) is 6.61. The average Bonchev–Trinajstić information content (AvgIpc) is 2.54. The minimum atomic E-state index is 0. The van der Waals surface area contributed by atoms with Crippen molar-refractivity contribution in [2.45, 2.75) is 19.4 Å². The van der Waals surface area contributed by atoms with Gasteiger partial charge in [-0.3, -0.25) is 4.79 Å². The zero-order valence-corrected chi connectivity index (χ0v) is 11.3. The van der Waals surface area contributed by atoms with E-state index in [0.717, 1.165) is 19.6 Å². The molecular weight excluding hydrogens is 252 g/mol. The standard InChI is InChI=1S/C13H18N2O2.ClH/c1-10-9-15(7-2-8-17-10)13(16)11-3-5-12(14)6-4-11;/h3-6,10H,2,7-9,14H2,1H3;1H. The molecule has 5 heteroatoms. The Bertz CT molecular complexity index is 394. The summed E-state index contributed by atoms with van der Waals surface area (Å²) in [6.07, 6.45) is 1.00. The molecule has 0 aromatic heterocycles. The first kappa shape index (κ1) is 14.8. The van der Waals surface area contributed by atoms with Gasteiger partial charge in [-0.1, -0.05) is 0 Å². The van der Waals surface area contributed by atoms with Crippen LogP contribution in [-0.2, 0) is 4.74 Å². The summed E-state index contributed by atoms with van der Waals surface area (Å²) in [5.74, 6) is 0.0577. The van der Waals surface area contributed by atoms with Crippen LogP contribution >= 0.6 is 12.4 Å². The molecular formula is C13H19ClN2O2. The number of ether oxygens (including phenoxy) is 1. The molecule has 2 rings (SSSR count). The summed E-state index contributed by atoms with van der Waals surface area (Å²) in [6, 6.07) is 7.05. The molecule has 0 saturated carbocycles. The van der Waals surface area contributed by atoms with Gasteiger partial charge in [0, 0.05) is 30.9 Å². The van der Waals surface area contributed by atoms with E-state index in [1.165, 1.54) is 0 Å². The lowest BCUT2D eigenvalue weighted by molar-refractivity contribution is 0.0563. The molecule has 0 aliphatic carbocycles. The Balaban J connectivity index is 0.00000162. The Morgan fingerprint density at radius 2 is 2.06 bits per heavy atom. The molecule has 1 aromatic rings. The van der Waals surface area contributed by atoms with Crippen molar-refractivity contribution >= 4 is 24.0 Å². The second-order valence-electron chi connectivity index (χ2n) is 4.41. The molecule has 1 heterocycles. The van der Waals surface area contributed by atoms with Crippen molar-refractivity contribution in [2.75, 3.05) is 25.4 Å². The summed E-state index contributed by atoms with van der Waals surface area (Å²) < 4.78 is 5.52. The van der Waals surface area contributed by atoms with Gasteiger partial charge in [0.25, 0.3) is 5.91 Å². The van der Waals surface area contributed by atoms with E-state index < -0.39 is 0 Å². The number of rotatable bonds is 1. The minimum Gasteiger partial charge on any atom is -0.399 e. The van der Waals surface area contributed by atoms with E-state index in [4.69, 9.17) is 10.5 Å². The number of anilines is 1. The number of nitrogens with two attached hydrogens (primary N) is 1. The number of carbonyl (C=O) groups excluding carboxylic acids is 1. The third-order valence-electron chi connectivity index (χ3n) is 2.90. The zero-order chi connectivity index (χ0) is 12.3. The molecule has 0 spiro atoms. The van der Waals surface area contributed by atoms with E-state index >= 15 is 0 Å². The van der Waals surface area contributed by atoms with Crippen molar-refractivity contribution in [3.63, 3.8) is 0 Å². The maximum absolute atomic E-state index is 12.2. The SMILES string of the molecule is CC1CN(C(=O)c2ccc(N)cc2)CCCO1.Cl. The highest BCUT2D eigenvalue weighted by atomic mass is 35.5. The minimum absolute atomic E-state index is 0. The first-order chi connectivity index (χ1) is 8.16. The largest absolute Gasteiger partial charge is 0.399 e. The van der Waals surface area contributed by atoms with Crippen LogP contribution in [-0.4, -0.2) is 36.6 Å². The average molecular weight is 271 g/mol. The van der Waals surface area contributed by atoms with Crippen LogP contribution in [0.15, 0.2) is 24.3 Å². The quantitative estimate of drug-likeness (QED) is 0.794. The number of nitrogen functional groups attached to an aromatic ring is 1. The van der Waals surface area contributed by atoms with E-state index in [9.17, 15) is 4.79 Å². The highest BCUT2D eigenvalue weighted by Gasteiger charge is 2.20. The van der Waals surface area contributed by atoms with Crippen LogP contribution in [0.25, 0.3) is 0 Å². The molecule has 1 atom stereocenters. The summed E-state index contributed by atoms with van der Waals surface area (Å²) in [5.41, 5.74) is 6.97. The van der Waals surface area contributed by atoms with E-state index in [1.54, 1.807) is 24.3 Å². The van der Waals surface area contributed by atoms with Crippen LogP contribution in [0.2, 0.25) is 0 Å². The Morgan fingerprint density at radius 1 is 1.39 bits per heavy atom. The van der Waals surface area contributed by atoms with Crippen LogP contribution in [0.5, 0.6) is 0 Å². The summed E-state index contributed by atoms with van der Waals surface area (Å²) in [5, 5.41) is 0. The summed E-state index contributed by atoms with van der Waals surface area (Å²) in [7, 11) is 0. The second-order valence-corrected chi connectivity index (χ2v) is 4.41. The molecule has 1 aliphatic heterocycles. The summed E-state index contributed by atoms with van der Waals surface area (Å²) in [4.78, 5) is 14.1. The monoisotopic (exact) mass is 270 g/mol. The molecule has 1 aliphatic rings. The van der Waals surface area contributed by atoms with Crippen molar-refractivity contribution in [1.29, 1.82) is 0 Å². The Hall–Kier alpha value is -1.26. The molecule has 1 saturated heterocycles. The zero-order valence-electron chi connectivity index (χ0n) is 10.5. The van der Waals surface area contributed by atoms with E-state index in [0.29, 0.717) is 17.8 Å². The smallest absolute Gasteiger partial charge is 0.253 e. The fourth-order valence-corrected chi connectivity index (χ4v) is 1.99. The number of hydrogen-bond acceptors (Lipinski definition) is 3. The first-order valence-electron chi connectivity index (χ1n) is 5.93. The number of hydrogen-bond donors (Lipinski definition) is 1. The number of benzene rings is 1. The van der Waals surface area contributed by atoms with Crippen molar-refractivity contribution in [1.82, 2.24) is 4.90 Å². The van der Waals surface area contributed by atoms with E-state index in [2.05, 4.69) is 0 Å². The van der Waals surface area contributed by atoms with Crippen LogP contribution in [0.4, 0.5) is 5.69 Å². The van der Waals surface area contributed by atoms with Crippen LogP contribution in [0.1, 0.15) is 23.7 Å². The molecule has 1 unspecified atom stereocenters. The first-order valence-corrected chi connectivity index (χ1v) is 5.93. The molecule has 18 heavy (non-hydrogen) atoms. The topological polar surface area (TPSA) is 55.6 Å². The van der Waals surface area contributed by atoms with Crippen molar-refractivity contribution in [3.05, 3.63) is 29.8 Å². The Labute approximate surface area is 114 Å². The predicted octanol–water partition coefficient (Wildman–Crippen LogP) is 1.94. The highest BCUT2D eigenvalue weighted by molar-refractivity contribution is 5.94. The van der Waals surface area contributed by atoms with Crippen molar-refractivity contribution < 1.29 is 9.53 Å². The van der Waals surface area contributed by atoms with Gasteiger partial charge in [0.2, 0.25) is 0 Å². The van der Waals surface area contributed by atoms with Gasteiger partial charge in [-0.25, -0.2) is 0 Å². The number of halogens is 1. The predicted molar refractivity (Wildman–Crippen MR) is 74.0 cm³/mol. The third kappa shape index (κ3) is 3.62. The lowest BCUT2D eigenvalue weighted by Crippen LogP contribution is -2.35. The lowest BCUT2D eigenvalue weighted by Gasteiger charge is -2.22. The Kier molecular flexibility index (Phi) is 5.44. The fraction of sp³-hybridized carbons (Fsp3) is 0.462. The third-order valence-corrected chi connectivity index (χ3v) is 2.90. The fourth-order valence-electron chi connectivity index (χ4n) is 1.99. The van der Waals surface area contributed by atoms with Crippen LogP contribution in [0.3, 0.4) is 0 Å². The van der Waals surface area contributed by atoms with E-state index in [-0.39, 0.29) is 24.4 Å². The Morgan fingerprint density at radius 3 is 2.72 bits per heavy atom. The summed E-state index contributed by atoms with van der Waals surface area (Å²) in [6.45, 7) is 4.14. The van der Waals surface area contributed by atoms with Gasteiger partial charge in [0.05, 0.1) is 6.10 Å². The number of nitrogens with zero attached hydrogens (tertiary/aromatic N) is 1. The van der Waals surface area contributed by atoms with Crippen LogP contribution < -0.4 is 5.73 Å². The number of amides is 1. The number of carbonyl (C=O) groups is 1. The molecule has 0 radical (unpaired) electrons. The maximum atomic E-state index is 12.2.